The Kier molecular flexibility index (Phi) is 4.95. The van der Waals surface area contributed by atoms with Crippen LogP contribution in [0.4, 0.5) is 5.82 Å². The molecule has 4 rings (SSSR count). The number of carbonyl (C=O) groups excluding carboxylic acids is 2. The first-order valence-corrected chi connectivity index (χ1v) is 10.5. The summed E-state index contributed by atoms with van der Waals surface area (Å²) in [5, 5.41) is 7.57. The van der Waals surface area contributed by atoms with Gasteiger partial charge in [-0.15, -0.1) is 0 Å². The van der Waals surface area contributed by atoms with E-state index in [1.165, 1.54) is 0 Å². The fourth-order valence-electron chi connectivity index (χ4n) is 3.60. The van der Waals surface area contributed by atoms with E-state index in [0.717, 1.165) is 46.9 Å². The molecule has 1 N–H and O–H groups in total. The van der Waals surface area contributed by atoms with Crippen molar-refractivity contribution in [3.63, 3.8) is 0 Å². The fraction of sp³-hybridized carbons (Fsp3) is 0.450. The monoisotopic (exact) mass is 384 g/mol. The molecule has 2 aromatic rings. The molecule has 1 fully saturated rings. The van der Waals surface area contributed by atoms with Crippen LogP contribution < -0.4 is 5.32 Å². The molecule has 0 unspecified atom stereocenters. The molecule has 1 aromatic heterocycles. The van der Waals surface area contributed by atoms with Gasteiger partial charge in [-0.05, 0) is 43.4 Å². The number of amides is 2. The topological polar surface area (TPSA) is 67.2 Å². The molecule has 27 heavy (non-hydrogen) atoms. The van der Waals surface area contributed by atoms with Crippen molar-refractivity contribution in [2.24, 2.45) is 5.92 Å². The van der Waals surface area contributed by atoms with Crippen molar-refractivity contribution in [2.75, 3.05) is 18.4 Å². The lowest BCUT2D eigenvalue weighted by Gasteiger charge is -2.29. The van der Waals surface area contributed by atoms with Crippen molar-refractivity contribution in [1.82, 2.24) is 14.7 Å². The Balaban J connectivity index is 1.60. The first-order valence-electron chi connectivity index (χ1n) is 9.38. The van der Waals surface area contributed by atoms with Gasteiger partial charge in [0.25, 0.3) is 0 Å². The maximum Gasteiger partial charge on any atom is 0.315 e. The van der Waals surface area contributed by atoms with E-state index in [2.05, 4.69) is 12.2 Å². The number of nitrogens with zero attached hydrogens (tertiary/aromatic N) is 3. The largest absolute Gasteiger partial charge is 0.334 e. The van der Waals surface area contributed by atoms with Gasteiger partial charge in [0.1, 0.15) is 5.82 Å². The first kappa shape index (κ1) is 18.1. The Morgan fingerprint density at radius 1 is 1.22 bits per heavy atom. The predicted molar refractivity (Wildman–Crippen MR) is 107 cm³/mol. The van der Waals surface area contributed by atoms with Crippen molar-refractivity contribution in [2.45, 2.75) is 38.2 Å². The number of aryl methyl sites for hydroxylation is 1. The zero-order valence-corrected chi connectivity index (χ0v) is 16.5. The summed E-state index contributed by atoms with van der Waals surface area (Å²) in [7, 11) is 0. The van der Waals surface area contributed by atoms with Crippen LogP contribution in [0.2, 0.25) is 0 Å². The van der Waals surface area contributed by atoms with Gasteiger partial charge in [0.2, 0.25) is 0 Å². The number of likely N-dealkylation sites (tertiary alicyclic amines) is 1. The second-order valence-electron chi connectivity index (χ2n) is 7.45. The van der Waals surface area contributed by atoms with Crippen LogP contribution in [0.1, 0.15) is 36.6 Å². The molecule has 142 valence electrons. The molecule has 0 saturated carbocycles. The molecular weight excluding hydrogens is 360 g/mol. The zero-order chi connectivity index (χ0) is 19.0. The van der Waals surface area contributed by atoms with Crippen LogP contribution in [-0.2, 0) is 21.1 Å². The normalized spacial score (nSPS) is 17.0. The number of fused-ring (bicyclic) bond motifs is 1. The van der Waals surface area contributed by atoms with E-state index in [0.29, 0.717) is 24.8 Å². The van der Waals surface area contributed by atoms with Crippen LogP contribution in [0.15, 0.2) is 24.3 Å². The van der Waals surface area contributed by atoms with Gasteiger partial charge in [-0.3, -0.25) is 9.59 Å². The fourth-order valence-corrected chi connectivity index (χ4v) is 4.64. The Morgan fingerprint density at radius 3 is 2.74 bits per heavy atom. The molecule has 2 amide bonds. The van der Waals surface area contributed by atoms with Gasteiger partial charge in [0, 0.05) is 30.2 Å². The van der Waals surface area contributed by atoms with Crippen molar-refractivity contribution in [3.8, 4) is 5.69 Å². The molecule has 7 heteroatoms. The maximum atomic E-state index is 12.7. The highest BCUT2D eigenvalue weighted by molar-refractivity contribution is 7.98. The van der Waals surface area contributed by atoms with Gasteiger partial charge >= 0.3 is 11.8 Å². The molecule has 6 nitrogen and oxygen atoms in total. The molecule has 0 atom stereocenters. The summed E-state index contributed by atoms with van der Waals surface area (Å²) >= 11 is 1.77. The van der Waals surface area contributed by atoms with Gasteiger partial charge < -0.3 is 10.2 Å². The molecule has 0 bridgehead atoms. The van der Waals surface area contributed by atoms with Crippen molar-refractivity contribution in [3.05, 3.63) is 41.1 Å². The third-order valence-electron chi connectivity index (χ3n) is 5.30. The third kappa shape index (κ3) is 3.60. The van der Waals surface area contributed by atoms with Gasteiger partial charge in [0.15, 0.2) is 0 Å². The van der Waals surface area contributed by atoms with Crippen LogP contribution in [0.25, 0.3) is 5.69 Å². The second-order valence-corrected chi connectivity index (χ2v) is 8.43. The Morgan fingerprint density at radius 2 is 2.00 bits per heavy atom. The van der Waals surface area contributed by atoms with Crippen LogP contribution in [0.5, 0.6) is 0 Å². The average Bonchev–Trinajstić information content (AvgIpc) is 3.24. The van der Waals surface area contributed by atoms with Gasteiger partial charge in [-0.25, -0.2) is 4.68 Å². The van der Waals surface area contributed by atoms with Gasteiger partial charge in [0.05, 0.1) is 11.4 Å². The molecule has 3 heterocycles. The van der Waals surface area contributed by atoms with E-state index in [-0.39, 0.29) is 0 Å². The summed E-state index contributed by atoms with van der Waals surface area (Å²) < 4.78 is 1.76. The second kappa shape index (κ2) is 7.38. The molecule has 0 radical (unpaired) electrons. The van der Waals surface area contributed by atoms with E-state index in [1.807, 2.05) is 31.2 Å². The van der Waals surface area contributed by atoms with Crippen molar-refractivity contribution in [1.29, 1.82) is 0 Å². The number of rotatable bonds is 2. The Bertz CT molecular complexity index is 884. The van der Waals surface area contributed by atoms with E-state index in [4.69, 9.17) is 5.10 Å². The number of benzene rings is 1. The predicted octanol–water partition coefficient (Wildman–Crippen LogP) is 3.12. The molecule has 1 aromatic carbocycles. The SMILES string of the molecule is Cc1cccc(-n2nc3c(c2NC(=O)C(=O)N2CCC(C)CC2)CSC3)c1. The maximum absolute atomic E-state index is 12.7. The van der Waals surface area contributed by atoms with Crippen molar-refractivity contribution < 1.29 is 9.59 Å². The van der Waals surface area contributed by atoms with Crippen LogP contribution in [-0.4, -0.2) is 39.6 Å². The number of piperidine rings is 1. The number of aromatic nitrogens is 2. The lowest BCUT2D eigenvalue weighted by molar-refractivity contribution is -0.144. The third-order valence-corrected chi connectivity index (χ3v) is 6.27. The number of anilines is 1. The Hall–Kier alpha value is -2.28. The standard InChI is InChI=1S/C20H24N4O2S/c1-13-6-8-23(9-7-13)20(26)19(25)21-18-16-11-27-12-17(16)22-24(18)15-5-3-4-14(2)10-15/h3-5,10,13H,6-9,11-12H2,1-2H3,(H,21,25). The first-order chi connectivity index (χ1) is 13.0. The Labute approximate surface area is 163 Å². The summed E-state index contributed by atoms with van der Waals surface area (Å²) in [4.78, 5) is 27.0. The van der Waals surface area contributed by atoms with Crippen LogP contribution in [0, 0.1) is 12.8 Å². The van der Waals surface area contributed by atoms with Gasteiger partial charge in [-0.1, -0.05) is 19.1 Å². The number of hydrogen-bond donors (Lipinski definition) is 1. The molecular formula is C20H24N4O2S. The number of thioether (sulfide) groups is 1. The number of nitrogens with one attached hydrogen (secondary N) is 1. The lowest BCUT2D eigenvalue weighted by Crippen LogP contribution is -2.44. The number of hydrogen-bond acceptors (Lipinski definition) is 4. The van der Waals surface area contributed by atoms with E-state index < -0.39 is 11.8 Å². The minimum atomic E-state index is -0.571. The average molecular weight is 385 g/mol. The summed E-state index contributed by atoms with van der Waals surface area (Å²) in [5.41, 5.74) is 4.02. The highest BCUT2D eigenvalue weighted by Gasteiger charge is 2.29. The lowest BCUT2D eigenvalue weighted by atomic mass is 9.99. The van der Waals surface area contributed by atoms with Crippen molar-refractivity contribution >= 4 is 29.4 Å². The summed E-state index contributed by atoms with van der Waals surface area (Å²) in [6, 6.07) is 7.98. The smallest absolute Gasteiger partial charge is 0.315 e. The molecule has 0 spiro atoms. The van der Waals surface area contributed by atoms with E-state index >= 15 is 0 Å². The van der Waals surface area contributed by atoms with E-state index in [1.54, 1.807) is 21.3 Å². The number of carbonyl (C=O) groups is 2. The highest BCUT2D eigenvalue weighted by atomic mass is 32.2. The van der Waals surface area contributed by atoms with Crippen LogP contribution >= 0.6 is 11.8 Å². The van der Waals surface area contributed by atoms with Crippen LogP contribution in [0.3, 0.4) is 0 Å². The quantitative estimate of drug-likeness (QED) is 0.808. The summed E-state index contributed by atoms with van der Waals surface area (Å²) in [5.74, 6) is 1.85. The minimum absolute atomic E-state index is 0.446. The minimum Gasteiger partial charge on any atom is -0.334 e. The highest BCUT2D eigenvalue weighted by Crippen LogP contribution is 2.36. The molecule has 1 saturated heterocycles. The molecule has 2 aliphatic rings. The molecule has 0 aliphatic carbocycles. The van der Waals surface area contributed by atoms with Gasteiger partial charge in [-0.2, -0.15) is 16.9 Å². The molecule has 2 aliphatic heterocycles. The summed E-state index contributed by atoms with van der Waals surface area (Å²) in [6.07, 6.45) is 1.90. The zero-order valence-electron chi connectivity index (χ0n) is 15.7. The summed E-state index contributed by atoms with van der Waals surface area (Å²) in [6.45, 7) is 5.51. The van der Waals surface area contributed by atoms with E-state index in [9.17, 15) is 9.59 Å².